The number of aliphatic hydroxyl groups excluding tert-OH is 1. The summed E-state index contributed by atoms with van der Waals surface area (Å²) in [4.78, 5) is 46.1. The second-order valence-corrected chi connectivity index (χ2v) is 14.4. The van der Waals surface area contributed by atoms with E-state index in [0.29, 0.717) is 30.0 Å². The molecule has 3 heterocycles. The number of hydrogen-bond acceptors (Lipinski definition) is 6. The fourth-order valence-electron chi connectivity index (χ4n) is 6.82. The van der Waals surface area contributed by atoms with Gasteiger partial charge in [-0.15, -0.1) is 24.9 Å². The number of allylic oxidation sites excluding steroid dienone is 1. The molecule has 224 valence electrons. The van der Waals surface area contributed by atoms with Gasteiger partial charge in [0, 0.05) is 16.6 Å². The third kappa shape index (κ3) is 5.52. The second kappa shape index (κ2) is 13.2. The Balaban J connectivity index is 1.83. The summed E-state index contributed by atoms with van der Waals surface area (Å²) in [5, 5.41) is 10.8. The highest BCUT2D eigenvalue weighted by Gasteiger charge is 2.77. The number of nitrogens with zero attached hydrogens (tertiary/aromatic N) is 2. The first kappa shape index (κ1) is 32.1. The zero-order chi connectivity index (χ0) is 30.1. The van der Waals surface area contributed by atoms with E-state index in [2.05, 4.69) is 29.1 Å². The van der Waals surface area contributed by atoms with Crippen LogP contribution in [0.4, 0.5) is 5.69 Å². The number of carbonyl (C=O) groups excluding carboxylic acids is 3. The van der Waals surface area contributed by atoms with Crippen molar-refractivity contribution < 1.29 is 24.2 Å². The number of anilines is 1. The number of esters is 1. The van der Waals surface area contributed by atoms with Crippen LogP contribution >= 0.6 is 39.3 Å². The molecule has 1 aromatic rings. The topological polar surface area (TPSA) is 87.2 Å². The molecule has 8 atom stereocenters. The molecule has 3 aliphatic heterocycles. The Bertz CT molecular complexity index is 1180. The quantitative estimate of drug-likeness (QED) is 0.129. The van der Waals surface area contributed by atoms with Crippen LogP contribution in [-0.4, -0.2) is 74.5 Å². The number of thioether (sulfide) groups is 1. The molecule has 0 aromatic heterocycles. The molecule has 2 bridgehead atoms. The van der Waals surface area contributed by atoms with Crippen LogP contribution in [0.3, 0.4) is 0 Å². The van der Waals surface area contributed by atoms with E-state index in [4.69, 9.17) is 16.3 Å². The first-order valence-corrected chi connectivity index (χ1v) is 16.5. The lowest BCUT2D eigenvalue weighted by Crippen LogP contribution is -2.59. The summed E-state index contributed by atoms with van der Waals surface area (Å²) >= 11 is 12.0. The number of benzene rings is 1. The van der Waals surface area contributed by atoms with E-state index < -0.39 is 34.6 Å². The van der Waals surface area contributed by atoms with E-state index in [-0.39, 0.29) is 47.6 Å². The van der Waals surface area contributed by atoms with Crippen molar-refractivity contribution in [3.8, 4) is 0 Å². The number of fused-ring (bicyclic) bond motifs is 1. The van der Waals surface area contributed by atoms with Gasteiger partial charge in [-0.3, -0.25) is 14.4 Å². The van der Waals surface area contributed by atoms with Gasteiger partial charge in [-0.1, -0.05) is 72.1 Å². The van der Waals surface area contributed by atoms with E-state index in [1.54, 1.807) is 39.8 Å². The molecular formula is C31H40BrClN2O5S. The third-order valence-electron chi connectivity index (χ3n) is 8.91. The van der Waals surface area contributed by atoms with Crippen molar-refractivity contribution in [2.24, 2.45) is 17.8 Å². The van der Waals surface area contributed by atoms with Crippen LogP contribution in [0.1, 0.15) is 45.1 Å². The maximum absolute atomic E-state index is 14.9. The van der Waals surface area contributed by atoms with Gasteiger partial charge in [-0.2, -0.15) is 0 Å². The van der Waals surface area contributed by atoms with Crippen molar-refractivity contribution in [2.45, 2.75) is 73.4 Å². The number of carbonyl (C=O) groups is 3. The zero-order valence-electron chi connectivity index (χ0n) is 23.9. The zero-order valence-corrected chi connectivity index (χ0v) is 27.1. The maximum atomic E-state index is 14.9. The van der Waals surface area contributed by atoms with E-state index in [1.807, 2.05) is 32.9 Å². The first-order valence-electron chi connectivity index (χ1n) is 14.3. The summed E-state index contributed by atoms with van der Waals surface area (Å²) in [6.45, 7) is 13.6. The van der Waals surface area contributed by atoms with Gasteiger partial charge in [0.15, 0.2) is 0 Å². The highest BCUT2D eigenvalue weighted by molar-refractivity contribution is 9.09. The number of hydrogen-bond donors (Lipinski definition) is 1. The van der Waals surface area contributed by atoms with Gasteiger partial charge in [0.25, 0.3) is 5.91 Å². The number of halogens is 2. The van der Waals surface area contributed by atoms with Gasteiger partial charge in [0.05, 0.1) is 46.5 Å². The third-order valence-corrected chi connectivity index (χ3v) is 12.4. The Hall–Kier alpha value is -1.81. The summed E-state index contributed by atoms with van der Waals surface area (Å²) in [6.07, 6.45) is 6.04. The lowest BCUT2D eigenvalue weighted by Gasteiger charge is -2.41. The minimum absolute atomic E-state index is 0.0735. The molecule has 3 saturated heterocycles. The Morgan fingerprint density at radius 2 is 2.10 bits per heavy atom. The number of alkyl halides is 1. The van der Waals surface area contributed by atoms with Gasteiger partial charge in [0.1, 0.15) is 6.04 Å². The van der Waals surface area contributed by atoms with Gasteiger partial charge >= 0.3 is 5.97 Å². The molecule has 1 spiro atoms. The number of para-hydroxylation sites is 1. The number of rotatable bonds is 13. The van der Waals surface area contributed by atoms with Crippen LogP contribution in [0.2, 0.25) is 5.02 Å². The molecule has 3 aliphatic rings. The smallest absolute Gasteiger partial charge is 0.310 e. The molecule has 0 radical (unpaired) electrons. The molecule has 4 rings (SSSR count). The van der Waals surface area contributed by atoms with Crippen LogP contribution < -0.4 is 4.90 Å². The maximum Gasteiger partial charge on any atom is 0.310 e. The van der Waals surface area contributed by atoms with Crippen molar-refractivity contribution in [2.75, 3.05) is 24.7 Å². The van der Waals surface area contributed by atoms with Gasteiger partial charge < -0.3 is 19.6 Å². The number of aryl methyl sites for hydroxylation is 1. The van der Waals surface area contributed by atoms with Crippen LogP contribution in [0.5, 0.6) is 0 Å². The minimum atomic E-state index is -0.907. The van der Waals surface area contributed by atoms with Gasteiger partial charge in [0.2, 0.25) is 5.91 Å². The van der Waals surface area contributed by atoms with E-state index in [9.17, 15) is 19.5 Å². The predicted molar refractivity (Wildman–Crippen MR) is 169 cm³/mol. The Morgan fingerprint density at radius 1 is 1.37 bits per heavy atom. The summed E-state index contributed by atoms with van der Waals surface area (Å²) in [5.41, 5.74) is 1.39. The van der Waals surface area contributed by atoms with E-state index >= 15 is 0 Å². The molecule has 10 heteroatoms. The lowest BCUT2D eigenvalue weighted by atomic mass is 9.71. The number of unbranched alkanes of at least 4 members (excludes halogenated alkanes) is 1. The Kier molecular flexibility index (Phi) is 10.4. The van der Waals surface area contributed by atoms with Crippen molar-refractivity contribution >= 4 is 62.8 Å². The fraction of sp³-hybridized carbons (Fsp3) is 0.581. The minimum Gasteiger partial charge on any atom is -0.465 e. The molecule has 3 unspecified atom stereocenters. The number of aliphatic hydroxyl groups is 1. The summed E-state index contributed by atoms with van der Waals surface area (Å²) in [6, 6.07) is 3.97. The Morgan fingerprint density at radius 3 is 2.71 bits per heavy atom. The van der Waals surface area contributed by atoms with Crippen LogP contribution in [0.15, 0.2) is 43.5 Å². The largest absolute Gasteiger partial charge is 0.465 e. The van der Waals surface area contributed by atoms with Gasteiger partial charge in [-0.05, 0) is 43.7 Å². The van der Waals surface area contributed by atoms with E-state index in [1.165, 1.54) is 0 Å². The molecule has 0 saturated carbocycles. The molecule has 7 nitrogen and oxygen atoms in total. The molecule has 1 N–H and O–H groups in total. The van der Waals surface area contributed by atoms with E-state index in [0.717, 1.165) is 12.0 Å². The van der Waals surface area contributed by atoms with Crippen molar-refractivity contribution in [1.82, 2.24) is 4.90 Å². The monoisotopic (exact) mass is 666 g/mol. The first-order chi connectivity index (χ1) is 19.6. The van der Waals surface area contributed by atoms with Crippen molar-refractivity contribution in [3.05, 3.63) is 54.1 Å². The average Bonchev–Trinajstić information content (AvgIpc) is 3.54. The number of amides is 2. The van der Waals surface area contributed by atoms with Crippen molar-refractivity contribution in [1.29, 1.82) is 0 Å². The van der Waals surface area contributed by atoms with Crippen LogP contribution in [0, 0.1) is 24.7 Å². The number of likely N-dealkylation sites (tertiary alicyclic amines) is 1. The normalized spacial score (nSPS) is 29.7. The summed E-state index contributed by atoms with van der Waals surface area (Å²) < 4.78 is 4.82. The van der Waals surface area contributed by atoms with Crippen molar-refractivity contribution in [3.63, 3.8) is 0 Å². The highest BCUT2D eigenvalue weighted by Crippen LogP contribution is 2.68. The molecular weight excluding hydrogens is 628 g/mol. The molecule has 0 aliphatic carbocycles. The molecule has 3 fully saturated rings. The molecule has 41 heavy (non-hydrogen) atoms. The number of ether oxygens (including phenoxy) is 1. The summed E-state index contributed by atoms with van der Waals surface area (Å²) in [5.74, 6) is -2.45. The highest BCUT2D eigenvalue weighted by atomic mass is 79.9. The van der Waals surface area contributed by atoms with Crippen LogP contribution in [0.25, 0.3) is 0 Å². The predicted octanol–water partition coefficient (Wildman–Crippen LogP) is 5.55. The lowest BCUT2D eigenvalue weighted by molar-refractivity contribution is -0.154. The Labute approximate surface area is 260 Å². The summed E-state index contributed by atoms with van der Waals surface area (Å²) in [7, 11) is 0. The molecule has 1 aromatic carbocycles. The second-order valence-electron chi connectivity index (χ2n) is 11.3. The average molecular weight is 668 g/mol. The fourth-order valence-corrected chi connectivity index (χ4v) is 10.7. The standard InChI is InChI=1S/C31H40BrClN2O5S/c1-6-9-10-15-40-30(39)23-24-28(37)35(22(17-36)18(4)8-3)27(31(24)16-20(32)26(23)41-31)29(38)34(14-7-2)25-19(5)12-11-13-21(25)33/h6-7,11-13,18,20,22-24,26-27,36H,1-2,8-10,14-17H2,3-5H3/t18-,20?,22-,23+,24-,26+,27?,31?/m0/s1. The molecule has 2 amide bonds. The van der Waals surface area contributed by atoms with Gasteiger partial charge in [-0.25, -0.2) is 0 Å². The van der Waals surface area contributed by atoms with Crippen LogP contribution in [-0.2, 0) is 19.1 Å². The SMILES string of the molecule is C=CCCCOC(=O)[C@H]1[C@@H]2SC3(CC2Br)C(C(=O)N(CC=C)c2c(C)cccc2Cl)N([C@@H](CO)[C@@H](C)CC)C(=O)[C@H]13.